The standard InChI is InChI=1S/C14H26O4.Li.H/c1-5-6-7-8-10(14(2,3)4)9-11(12(15)16)13(17)18;;/h10-11H,5-9H2,1-4H3,(H,15,16)(H,17,18);;. The molecule has 0 spiro atoms. The maximum atomic E-state index is 11.0. The molecular weight excluding hydrogens is 239 g/mol. The second kappa shape index (κ2) is 9.44. The Labute approximate surface area is 128 Å². The van der Waals surface area contributed by atoms with E-state index in [0.29, 0.717) is 0 Å². The van der Waals surface area contributed by atoms with Gasteiger partial charge >= 0.3 is 30.8 Å². The van der Waals surface area contributed by atoms with Crippen LogP contribution in [0.25, 0.3) is 0 Å². The monoisotopic (exact) mass is 266 g/mol. The van der Waals surface area contributed by atoms with Gasteiger partial charge in [-0.1, -0.05) is 47.0 Å². The van der Waals surface area contributed by atoms with Crippen LogP contribution in [-0.4, -0.2) is 41.0 Å². The molecule has 0 amide bonds. The van der Waals surface area contributed by atoms with Crippen molar-refractivity contribution in [2.24, 2.45) is 17.3 Å². The van der Waals surface area contributed by atoms with Crippen molar-refractivity contribution in [3.63, 3.8) is 0 Å². The van der Waals surface area contributed by atoms with Gasteiger partial charge in [0, 0.05) is 0 Å². The second-order valence-electron chi connectivity index (χ2n) is 6.02. The molecule has 5 heteroatoms. The summed E-state index contributed by atoms with van der Waals surface area (Å²) in [6.45, 7) is 8.25. The van der Waals surface area contributed by atoms with Crippen LogP contribution in [0.3, 0.4) is 0 Å². The minimum atomic E-state index is -1.28. The van der Waals surface area contributed by atoms with Crippen molar-refractivity contribution in [1.29, 1.82) is 0 Å². The van der Waals surface area contributed by atoms with E-state index in [4.69, 9.17) is 10.2 Å². The molecule has 0 bridgehead atoms. The maximum absolute atomic E-state index is 11.0. The Bertz CT molecular complexity index is 270. The molecular formula is C14H27LiO4. The Morgan fingerprint density at radius 3 is 1.84 bits per heavy atom. The minimum absolute atomic E-state index is 0. The molecule has 1 unspecified atom stereocenters. The first-order valence-corrected chi connectivity index (χ1v) is 6.65. The van der Waals surface area contributed by atoms with Crippen LogP contribution in [0.5, 0.6) is 0 Å². The predicted octanol–water partition coefficient (Wildman–Crippen LogP) is 2.76. The van der Waals surface area contributed by atoms with Crippen LogP contribution in [-0.2, 0) is 9.59 Å². The normalized spacial score (nSPS) is 12.9. The zero-order valence-electron chi connectivity index (χ0n) is 11.9. The molecule has 0 heterocycles. The summed E-state index contributed by atoms with van der Waals surface area (Å²) in [5, 5.41) is 17.9. The molecule has 108 valence electrons. The van der Waals surface area contributed by atoms with Crippen LogP contribution in [0.15, 0.2) is 0 Å². The van der Waals surface area contributed by atoms with Gasteiger partial charge in [0.15, 0.2) is 5.92 Å². The number of unbranched alkanes of at least 4 members (excludes halogenated alkanes) is 2. The van der Waals surface area contributed by atoms with E-state index >= 15 is 0 Å². The molecule has 4 nitrogen and oxygen atoms in total. The Kier molecular flexibility index (Phi) is 10.4. The number of carboxylic acid groups (broad SMARTS) is 2. The summed E-state index contributed by atoms with van der Waals surface area (Å²) in [4.78, 5) is 21.9. The van der Waals surface area contributed by atoms with Crippen molar-refractivity contribution >= 4 is 30.8 Å². The second-order valence-corrected chi connectivity index (χ2v) is 6.02. The van der Waals surface area contributed by atoms with Gasteiger partial charge in [-0.3, -0.25) is 9.59 Å². The molecule has 0 aliphatic rings. The van der Waals surface area contributed by atoms with Crippen molar-refractivity contribution in [3.05, 3.63) is 0 Å². The molecule has 0 aliphatic heterocycles. The molecule has 0 aromatic rings. The van der Waals surface area contributed by atoms with Crippen LogP contribution in [0.2, 0.25) is 0 Å². The van der Waals surface area contributed by atoms with Crippen LogP contribution in [0.4, 0.5) is 0 Å². The number of rotatable bonds is 8. The molecule has 2 N–H and O–H groups in total. The molecule has 0 rings (SSSR count). The number of hydrogen-bond acceptors (Lipinski definition) is 2. The predicted molar refractivity (Wildman–Crippen MR) is 77.6 cm³/mol. The zero-order valence-corrected chi connectivity index (χ0v) is 11.9. The van der Waals surface area contributed by atoms with Gasteiger partial charge in [-0.25, -0.2) is 0 Å². The average Bonchev–Trinajstić information content (AvgIpc) is 2.20. The Morgan fingerprint density at radius 1 is 1.05 bits per heavy atom. The van der Waals surface area contributed by atoms with Gasteiger partial charge in [0.1, 0.15) is 0 Å². The van der Waals surface area contributed by atoms with Gasteiger partial charge in [-0.2, -0.15) is 0 Å². The average molecular weight is 266 g/mol. The molecule has 1 atom stereocenters. The fraction of sp³-hybridized carbons (Fsp3) is 0.857. The van der Waals surface area contributed by atoms with E-state index in [9.17, 15) is 9.59 Å². The molecule has 0 aliphatic carbocycles. The molecule has 0 fully saturated rings. The van der Waals surface area contributed by atoms with E-state index in [-0.39, 0.29) is 36.6 Å². The molecule has 19 heavy (non-hydrogen) atoms. The molecule has 0 aromatic carbocycles. The number of aliphatic carboxylic acids is 2. The summed E-state index contributed by atoms with van der Waals surface area (Å²) in [5.74, 6) is -3.61. The van der Waals surface area contributed by atoms with E-state index in [1.807, 2.05) is 20.8 Å². The van der Waals surface area contributed by atoms with Crippen molar-refractivity contribution in [1.82, 2.24) is 0 Å². The molecule has 0 saturated carbocycles. The van der Waals surface area contributed by atoms with Gasteiger partial charge in [-0.05, 0) is 24.2 Å². The third kappa shape index (κ3) is 8.34. The summed E-state index contributed by atoms with van der Waals surface area (Å²) in [7, 11) is 0. The van der Waals surface area contributed by atoms with Crippen molar-refractivity contribution < 1.29 is 19.8 Å². The summed E-state index contributed by atoms with van der Waals surface area (Å²) >= 11 is 0. The Morgan fingerprint density at radius 2 is 1.53 bits per heavy atom. The molecule has 0 saturated heterocycles. The Hall–Kier alpha value is -0.463. The zero-order chi connectivity index (χ0) is 14.3. The topological polar surface area (TPSA) is 74.6 Å². The fourth-order valence-corrected chi connectivity index (χ4v) is 2.14. The van der Waals surface area contributed by atoms with Gasteiger partial charge in [0.25, 0.3) is 0 Å². The van der Waals surface area contributed by atoms with Crippen molar-refractivity contribution in [3.8, 4) is 0 Å². The van der Waals surface area contributed by atoms with Crippen molar-refractivity contribution in [2.75, 3.05) is 0 Å². The Balaban J connectivity index is 0. The van der Waals surface area contributed by atoms with Crippen LogP contribution >= 0.6 is 0 Å². The first-order valence-electron chi connectivity index (χ1n) is 6.65. The molecule has 0 radical (unpaired) electrons. The number of carboxylic acids is 2. The first-order chi connectivity index (χ1) is 8.20. The quantitative estimate of drug-likeness (QED) is 0.402. The third-order valence-corrected chi connectivity index (χ3v) is 3.50. The van der Waals surface area contributed by atoms with E-state index < -0.39 is 17.9 Å². The summed E-state index contributed by atoms with van der Waals surface area (Å²) in [6.07, 6.45) is 4.37. The van der Waals surface area contributed by atoms with Crippen LogP contribution in [0, 0.1) is 17.3 Å². The molecule has 0 aromatic heterocycles. The third-order valence-electron chi connectivity index (χ3n) is 3.50. The van der Waals surface area contributed by atoms with E-state index in [0.717, 1.165) is 25.7 Å². The number of hydrogen-bond donors (Lipinski definition) is 2. The summed E-state index contributed by atoms with van der Waals surface area (Å²) in [5.41, 5.74) is -0.0586. The van der Waals surface area contributed by atoms with E-state index in [1.165, 1.54) is 0 Å². The summed E-state index contributed by atoms with van der Waals surface area (Å²) < 4.78 is 0. The van der Waals surface area contributed by atoms with Gasteiger partial charge in [-0.15, -0.1) is 0 Å². The van der Waals surface area contributed by atoms with E-state index in [2.05, 4.69) is 6.92 Å². The number of carbonyl (C=O) groups is 2. The van der Waals surface area contributed by atoms with Crippen LogP contribution in [0.1, 0.15) is 59.8 Å². The SMILES string of the molecule is CCCCCC(CC(C(=O)O)C(=O)O)C(C)(C)C.[LiH]. The summed E-state index contributed by atoms with van der Waals surface area (Å²) in [6, 6.07) is 0. The first kappa shape index (κ1) is 20.8. The van der Waals surface area contributed by atoms with E-state index in [1.54, 1.807) is 0 Å². The fourth-order valence-electron chi connectivity index (χ4n) is 2.14. The van der Waals surface area contributed by atoms with Gasteiger partial charge < -0.3 is 10.2 Å². The van der Waals surface area contributed by atoms with Gasteiger partial charge in [0.05, 0.1) is 0 Å². The van der Waals surface area contributed by atoms with Crippen molar-refractivity contribution in [2.45, 2.75) is 59.8 Å². The van der Waals surface area contributed by atoms with Gasteiger partial charge in [0.2, 0.25) is 0 Å². The van der Waals surface area contributed by atoms with Crippen LogP contribution < -0.4 is 0 Å².